The molecule has 5 heteroatoms. The van der Waals surface area contributed by atoms with Gasteiger partial charge < -0.3 is 4.98 Å². The molecule has 0 bridgehead atoms. The van der Waals surface area contributed by atoms with Crippen LogP contribution in [0.5, 0.6) is 0 Å². The first kappa shape index (κ1) is 9.23. The van der Waals surface area contributed by atoms with Crippen LogP contribution in [0.25, 0.3) is 10.9 Å². The fraction of sp³-hybridized carbons (Fsp3) is 0. The number of fused-ring (bicyclic) bond motifs is 1. The number of hydrogen-bond acceptors (Lipinski definition) is 2. The quantitative estimate of drug-likeness (QED) is 0.410. The van der Waals surface area contributed by atoms with Crippen molar-refractivity contribution >= 4 is 32.7 Å². The molecule has 4 N–H and O–H groups in total. The number of halogens is 1. The second-order valence-corrected chi connectivity index (χ2v) is 3.78. The summed E-state index contributed by atoms with van der Waals surface area (Å²) < 4.78 is 0.964. The van der Waals surface area contributed by atoms with Gasteiger partial charge in [0.2, 0.25) is 0 Å². The van der Waals surface area contributed by atoms with Crippen LogP contribution < -0.4 is 11.3 Å². The van der Waals surface area contributed by atoms with E-state index in [0.29, 0.717) is 5.56 Å². The lowest BCUT2D eigenvalue weighted by Crippen LogP contribution is -2.29. The van der Waals surface area contributed by atoms with Crippen LogP contribution in [0, 0.1) is 0 Å². The minimum absolute atomic E-state index is 0.293. The molecule has 1 heterocycles. The third-order valence-electron chi connectivity index (χ3n) is 2.02. The number of carbonyl (C=O) groups excluding carboxylic acids is 1. The zero-order valence-electron chi connectivity index (χ0n) is 7.17. The molecule has 4 nitrogen and oxygen atoms in total. The predicted molar refractivity (Wildman–Crippen MR) is 57.7 cm³/mol. The zero-order chi connectivity index (χ0) is 10.1. The van der Waals surface area contributed by atoms with Gasteiger partial charge in [0.15, 0.2) is 0 Å². The molecule has 2 rings (SSSR count). The number of hydrogen-bond donors (Lipinski definition) is 3. The average Bonchev–Trinajstić information content (AvgIpc) is 2.59. The van der Waals surface area contributed by atoms with Gasteiger partial charge in [0.25, 0.3) is 5.91 Å². The largest absolute Gasteiger partial charge is 0.360 e. The van der Waals surface area contributed by atoms with E-state index in [1.165, 1.54) is 0 Å². The number of nitrogens with two attached hydrogens (primary N) is 1. The molecular formula is C9H8BrN3O. The van der Waals surface area contributed by atoms with Gasteiger partial charge in [-0.05, 0) is 12.1 Å². The summed E-state index contributed by atoms with van der Waals surface area (Å²) in [6, 6.07) is 5.65. The van der Waals surface area contributed by atoms with E-state index in [-0.39, 0.29) is 5.91 Å². The van der Waals surface area contributed by atoms with Gasteiger partial charge in [-0.2, -0.15) is 0 Å². The number of benzene rings is 1. The molecule has 1 aromatic heterocycles. The number of nitrogen functional groups attached to an aromatic ring is 1. The highest BCUT2D eigenvalue weighted by molar-refractivity contribution is 9.10. The molecule has 0 fully saturated rings. The van der Waals surface area contributed by atoms with Gasteiger partial charge in [-0.1, -0.05) is 22.0 Å². The van der Waals surface area contributed by atoms with Crippen LogP contribution >= 0.6 is 15.9 Å². The first-order valence-corrected chi connectivity index (χ1v) is 4.79. The van der Waals surface area contributed by atoms with E-state index in [2.05, 4.69) is 26.3 Å². The Bertz CT molecular complexity index is 492. The molecule has 0 saturated carbocycles. The topological polar surface area (TPSA) is 70.9 Å². The third-order valence-corrected chi connectivity index (χ3v) is 2.51. The normalized spacial score (nSPS) is 10.4. The summed E-state index contributed by atoms with van der Waals surface area (Å²) in [5, 5.41) is 0.858. The molecule has 0 unspecified atom stereocenters. The van der Waals surface area contributed by atoms with E-state index < -0.39 is 0 Å². The Morgan fingerprint density at radius 3 is 3.00 bits per heavy atom. The Morgan fingerprint density at radius 1 is 1.50 bits per heavy atom. The first-order valence-electron chi connectivity index (χ1n) is 4.00. The van der Waals surface area contributed by atoms with Gasteiger partial charge in [-0.3, -0.25) is 10.2 Å². The van der Waals surface area contributed by atoms with Crippen LogP contribution in [0.15, 0.2) is 28.9 Å². The molecule has 1 amide bonds. The number of nitrogens with one attached hydrogen (secondary N) is 2. The number of rotatable bonds is 1. The van der Waals surface area contributed by atoms with Gasteiger partial charge in [0.05, 0.1) is 5.56 Å². The van der Waals surface area contributed by atoms with Crippen molar-refractivity contribution in [3.05, 3.63) is 34.4 Å². The van der Waals surface area contributed by atoms with Crippen molar-refractivity contribution in [2.75, 3.05) is 0 Å². The molecule has 72 valence electrons. The van der Waals surface area contributed by atoms with Crippen molar-refractivity contribution in [1.29, 1.82) is 0 Å². The van der Waals surface area contributed by atoms with Gasteiger partial charge in [0, 0.05) is 21.6 Å². The molecular weight excluding hydrogens is 246 g/mol. The number of carbonyl (C=O) groups is 1. The van der Waals surface area contributed by atoms with Crippen molar-refractivity contribution in [3.8, 4) is 0 Å². The van der Waals surface area contributed by atoms with Gasteiger partial charge in [-0.15, -0.1) is 0 Å². The van der Waals surface area contributed by atoms with Crippen molar-refractivity contribution in [3.63, 3.8) is 0 Å². The van der Waals surface area contributed by atoms with Crippen molar-refractivity contribution in [2.24, 2.45) is 5.84 Å². The highest BCUT2D eigenvalue weighted by Gasteiger charge is 2.09. The summed E-state index contributed by atoms with van der Waals surface area (Å²) in [4.78, 5) is 14.3. The summed E-state index contributed by atoms with van der Waals surface area (Å²) in [7, 11) is 0. The molecule has 0 spiro atoms. The Balaban J connectivity index is 2.64. The molecule has 14 heavy (non-hydrogen) atoms. The Hall–Kier alpha value is -1.33. The predicted octanol–water partition coefficient (Wildman–Crippen LogP) is 1.53. The fourth-order valence-electron chi connectivity index (χ4n) is 1.36. The van der Waals surface area contributed by atoms with Crippen LogP contribution in [0.3, 0.4) is 0 Å². The highest BCUT2D eigenvalue weighted by atomic mass is 79.9. The lowest BCUT2D eigenvalue weighted by molar-refractivity contribution is 0.0955. The lowest BCUT2D eigenvalue weighted by atomic mass is 10.2. The summed E-state index contributed by atoms with van der Waals surface area (Å²) in [6.45, 7) is 0. The number of H-pyrrole nitrogens is 1. The van der Waals surface area contributed by atoms with Crippen LogP contribution in [0.4, 0.5) is 0 Å². The summed E-state index contributed by atoms with van der Waals surface area (Å²) in [5.41, 5.74) is 3.56. The minimum atomic E-state index is -0.293. The minimum Gasteiger partial charge on any atom is -0.360 e. The van der Waals surface area contributed by atoms with Gasteiger partial charge in [0.1, 0.15) is 0 Å². The number of hydrazine groups is 1. The molecule has 0 radical (unpaired) electrons. The maximum atomic E-state index is 11.3. The molecule has 1 aromatic carbocycles. The van der Waals surface area contributed by atoms with Crippen LogP contribution in [0.2, 0.25) is 0 Å². The van der Waals surface area contributed by atoms with Crippen LogP contribution in [0.1, 0.15) is 10.4 Å². The van der Waals surface area contributed by atoms with E-state index in [1.807, 2.05) is 18.2 Å². The van der Waals surface area contributed by atoms with E-state index in [4.69, 9.17) is 5.84 Å². The number of amides is 1. The van der Waals surface area contributed by atoms with Crippen molar-refractivity contribution in [2.45, 2.75) is 0 Å². The summed E-state index contributed by atoms with van der Waals surface area (Å²) in [6.07, 6.45) is 1.64. The fourth-order valence-corrected chi connectivity index (χ4v) is 1.73. The van der Waals surface area contributed by atoms with E-state index in [0.717, 1.165) is 15.4 Å². The second-order valence-electron chi connectivity index (χ2n) is 2.87. The molecule has 0 atom stereocenters. The monoisotopic (exact) mass is 253 g/mol. The zero-order valence-corrected chi connectivity index (χ0v) is 8.76. The number of aromatic amines is 1. The standard InChI is InChI=1S/C9H8BrN3O/c10-5-1-2-6-7(9(14)13-11)4-12-8(6)3-5/h1-4,12H,11H2,(H,13,14). The average molecular weight is 254 g/mol. The summed E-state index contributed by atoms with van der Waals surface area (Å²) >= 11 is 3.35. The third kappa shape index (κ3) is 1.40. The maximum absolute atomic E-state index is 11.3. The molecule has 2 aromatic rings. The van der Waals surface area contributed by atoms with Crippen molar-refractivity contribution in [1.82, 2.24) is 10.4 Å². The van der Waals surface area contributed by atoms with E-state index in [1.54, 1.807) is 6.20 Å². The smallest absolute Gasteiger partial charge is 0.267 e. The molecule has 0 aliphatic heterocycles. The highest BCUT2D eigenvalue weighted by Crippen LogP contribution is 2.21. The second kappa shape index (κ2) is 3.43. The SMILES string of the molecule is NNC(=O)c1c[nH]c2cc(Br)ccc12. The van der Waals surface area contributed by atoms with Gasteiger partial charge in [-0.25, -0.2) is 5.84 Å². The molecule has 0 aliphatic rings. The van der Waals surface area contributed by atoms with E-state index >= 15 is 0 Å². The maximum Gasteiger partial charge on any atom is 0.267 e. The molecule has 0 aliphatic carbocycles. The summed E-state index contributed by atoms with van der Waals surface area (Å²) in [5.74, 6) is 4.77. The Morgan fingerprint density at radius 2 is 2.29 bits per heavy atom. The molecule has 0 saturated heterocycles. The van der Waals surface area contributed by atoms with Crippen molar-refractivity contribution < 1.29 is 4.79 Å². The lowest BCUT2D eigenvalue weighted by Gasteiger charge is -1.96. The van der Waals surface area contributed by atoms with Crippen LogP contribution in [-0.2, 0) is 0 Å². The Labute approximate surface area is 88.6 Å². The number of aromatic nitrogens is 1. The van der Waals surface area contributed by atoms with Crippen LogP contribution in [-0.4, -0.2) is 10.9 Å². The van der Waals surface area contributed by atoms with Gasteiger partial charge >= 0.3 is 0 Å². The first-order chi connectivity index (χ1) is 6.72. The van der Waals surface area contributed by atoms with E-state index in [9.17, 15) is 4.79 Å². The Kier molecular flexibility index (Phi) is 2.26.